The lowest BCUT2D eigenvalue weighted by atomic mass is 9.85. The van der Waals surface area contributed by atoms with Crippen LogP contribution in [0.3, 0.4) is 0 Å². The van der Waals surface area contributed by atoms with Crippen LogP contribution in [0.15, 0.2) is 12.2 Å². The van der Waals surface area contributed by atoms with Crippen molar-refractivity contribution in [2.45, 2.75) is 25.3 Å². The van der Waals surface area contributed by atoms with Gasteiger partial charge in [0.05, 0.1) is 11.8 Å². The highest BCUT2D eigenvalue weighted by Gasteiger charge is 2.61. The number of hydrogen-bond donors (Lipinski definition) is 1. The Morgan fingerprint density at radius 3 is 2.15 bits per heavy atom. The molecular weight excluding hydrogens is 260 g/mol. The van der Waals surface area contributed by atoms with Crippen LogP contribution < -0.4 is 5.32 Å². The second-order valence-corrected chi connectivity index (χ2v) is 6.01. The van der Waals surface area contributed by atoms with Gasteiger partial charge in [-0.25, -0.2) is 0 Å². The van der Waals surface area contributed by atoms with Gasteiger partial charge in [-0.2, -0.15) is 0 Å². The first kappa shape index (κ1) is 11.8. The Balaban J connectivity index is 1.65. The molecule has 4 amide bonds. The van der Waals surface area contributed by atoms with Gasteiger partial charge in [0.15, 0.2) is 0 Å². The minimum atomic E-state index is -0.808. The molecule has 104 valence electrons. The van der Waals surface area contributed by atoms with Crippen molar-refractivity contribution in [1.82, 2.24) is 10.2 Å². The molecule has 4 aliphatic rings. The maximum Gasteiger partial charge on any atom is 0.249 e. The molecule has 4 rings (SSSR count). The molecule has 20 heavy (non-hydrogen) atoms. The summed E-state index contributed by atoms with van der Waals surface area (Å²) in [7, 11) is 0. The van der Waals surface area contributed by atoms with Gasteiger partial charge in [-0.05, 0) is 24.7 Å². The summed E-state index contributed by atoms with van der Waals surface area (Å²) in [5.41, 5.74) is 0. The molecule has 3 fully saturated rings. The molecule has 6 nitrogen and oxygen atoms in total. The average Bonchev–Trinajstić information content (AvgIpc) is 3.06. The van der Waals surface area contributed by atoms with Gasteiger partial charge in [0.1, 0.15) is 6.04 Å². The Kier molecular flexibility index (Phi) is 2.23. The summed E-state index contributed by atoms with van der Waals surface area (Å²) >= 11 is 0. The second-order valence-electron chi connectivity index (χ2n) is 6.01. The van der Waals surface area contributed by atoms with Gasteiger partial charge >= 0.3 is 0 Å². The lowest BCUT2D eigenvalue weighted by Crippen LogP contribution is -2.54. The number of carbonyl (C=O) groups excluding carboxylic acids is 4. The van der Waals surface area contributed by atoms with Gasteiger partial charge in [-0.15, -0.1) is 0 Å². The zero-order chi connectivity index (χ0) is 14.0. The van der Waals surface area contributed by atoms with Crippen LogP contribution in [0.1, 0.15) is 19.3 Å². The van der Waals surface area contributed by atoms with E-state index in [-0.39, 0.29) is 54.2 Å². The fourth-order valence-corrected chi connectivity index (χ4v) is 4.16. The molecule has 5 atom stereocenters. The normalized spacial score (nSPS) is 42.4. The first-order chi connectivity index (χ1) is 9.58. The molecule has 0 aromatic rings. The number of rotatable bonds is 1. The van der Waals surface area contributed by atoms with Crippen LogP contribution in [0, 0.1) is 23.7 Å². The first-order valence-corrected chi connectivity index (χ1v) is 6.97. The minimum Gasteiger partial charge on any atom is -0.295 e. The smallest absolute Gasteiger partial charge is 0.249 e. The number of piperidine rings is 1. The van der Waals surface area contributed by atoms with Crippen molar-refractivity contribution in [3.05, 3.63) is 12.2 Å². The molecule has 2 bridgehead atoms. The molecule has 6 heteroatoms. The van der Waals surface area contributed by atoms with Gasteiger partial charge < -0.3 is 0 Å². The molecule has 0 unspecified atom stereocenters. The quantitative estimate of drug-likeness (QED) is 0.521. The molecule has 0 radical (unpaired) electrons. The van der Waals surface area contributed by atoms with Crippen LogP contribution in [-0.4, -0.2) is 34.6 Å². The number of amides is 4. The zero-order valence-electron chi connectivity index (χ0n) is 10.7. The van der Waals surface area contributed by atoms with Crippen molar-refractivity contribution in [3.63, 3.8) is 0 Å². The largest absolute Gasteiger partial charge is 0.295 e. The summed E-state index contributed by atoms with van der Waals surface area (Å²) in [6.45, 7) is 0. The monoisotopic (exact) mass is 274 g/mol. The van der Waals surface area contributed by atoms with Crippen molar-refractivity contribution in [3.8, 4) is 0 Å². The van der Waals surface area contributed by atoms with Crippen molar-refractivity contribution in [2.24, 2.45) is 23.7 Å². The SMILES string of the molecule is O=C1CC[C@H](N2C(=O)[C@@H]3[C@H](C2=O)[C@H]2C=C[C@H]3C2)C(=O)N1. The number of imide groups is 2. The molecule has 2 aliphatic heterocycles. The predicted molar refractivity (Wildman–Crippen MR) is 65.7 cm³/mol. The summed E-state index contributed by atoms with van der Waals surface area (Å²) in [6, 6.07) is -0.808. The number of fused-ring (bicyclic) bond motifs is 5. The third-order valence-corrected chi connectivity index (χ3v) is 5.03. The highest BCUT2D eigenvalue weighted by atomic mass is 16.2. The molecular formula is C14H14N2O4. The summed E-state index contributed by atoms with van der Waals surface area (Å²) in [5, 5.41) is 2.21. The number of likely N-dealkylation sites (tertiary alicyclic amines) is 1. The molecule has 1 saturated carbocycles. The van der Waals surface area contributed by atoms with E-state index in [9.17, 15) is 19.2 Å². The van der Waals surface area contributed by atoms with Gasteiger partial charge in [0.2, 0.25) is 23.6 Å². The molecule has 2 saturated heterocycles. The van der Waals surface area contributed by atoms with Crippen molar-refractivity contribution >= 4 is 23.6 Å². The van der Waals surface area contributed by atoms with Crippen molar-refractivity contribution in [2.75, 3.05) is 0 Å². The highest BCUT2D eigenvalue weighted by Crippen LogP contribution is 2.53. The van der Waals surface area contributed by atoms with E-state index in [4.69, 9.17) is 0 Å². The van der Waals surface area contributed by atoms with E-state index in [0.717, 1.165) is 11.3 Å². The topological polar surface area (TPSA) is 83.6 Å². The van der Waals surface area contributed by atoms with Crippen molar-refractivity contribution < 1.29 is 19.2 Å². The molecule has 0 spiro atoms. The lowest BCUT2D eigenvalue weighted by Gasteiger charge is -2.29. The molecule has 1 N–H and O–H groups in total. The van der Waals surface area contributed by atoms with E-state index < -0.39 is 11.9 Å². The average molecular weight is 274 g/mol. The van der Waals surface area contributed by atoms with Crippen LogP contribution in [0.5, 0.6) is 0 Å². The van der Waals surface area contributed by atoms with E-state index in [2.05, 4.69) is 5.32 Å². The van der Waals surface area contributed by atoms with Crippen LogP contribution in [0.2, 0.25) is 0 Å². The van der Waals surface area contributed by atoms with E-state index in [1.54, 1.807) is 0 Å². The lowest BCUT2D eigenvalue weighted by molar-refractivity contribution is -0.152. The maximum absolute atomic E-state index is 12.5. The Hall–Kier alpha value is -1.98. The molecule has 2 heterocycles. The van der Waals surface area contributed by atoms with Crippen LogP contribution >= 0.6 is 0 Å². The fraction of sp³-hybridized carbons (Fsp3) is 0.571. The standard InChI is InChI=1S/C14H14N2O4/c17-9-4-3-8(12(18)15-9)16-13(19)10-6-1-2-7(5-6)11(10)14(16)20/h1-2,6-8,10-11H,3-5H2,(H,15,17,18)/t6-,7-,8-,10-,11+/m0/s1. The summed E-state index contributed by atoms with van der Waals surface area (Å²) in [6.07, 6.45) is 5.32. The van der Waals surface area contributed by atoms with Crippen LogP contribution in [0.4, 0.5) is 0 Å². The number of hydrogen-bond acceptors (Lipinski definition) is 4. The number of carbonyl (C=O) groups is 4. The molecule has 0 aromatic carbocycles. The first-order valence-electron chi connectivity index (χ1n) is 6.97. The van der Waals surface area contributed by atoms with E-state index in [1.165, 1.54) is 0 Å². The molecule has 0 aromatic heterocycles. The van der Waals surface area contributed by atoms with Crippen molar-refractivity contribution in [1.29, 1.82) is 0 Å². The summed E-state index contributed by atoms with van der Waals surface area (Å²) in [5.74, 6) is -1.63. The van der Waals surface area contributed by atoms with Gasteiger partial charge in [0, 0.05) is 6.42 Å². The zero-order valence-corrected chi connectivity index (χ0v) is 10.7. The van der Waals surface area contributed by atoms with E-state index in [1.807, 2.05) is 12.2 Å². The number of allylic oxidation sites excluding steroid dienone is 2. The van der Waals surface area contributed by atoms with E-state index >= 15 is 0 Å². The van der Waals surface area contributed by atoms with Crippen LogP contribution in [0.25, 0.3) is 0 Å². The second kappa shape index (κ2) is 3.77. The third-order valence-electron chi connectivity index (χ3n) is 5.03. The predicted octanol–water partition coefficient (Wildman–Crippen LogP) is -0.401. The van der Waals surface area contributed by atoms with Crippen LogP contribution in [-0.2, 0) is 19.2 Å². The molecule has 2 aliphatic carbocycles. The Morgan fingerprint density at radius 2 is 1.60 bits per heavy atom. The minimum absolute atomic E-state index is 0.139. The number of nitrogens with zero attached hydrogens (tertiary/aromatic N) is 1. The Morgan fingerprint density at radius 1 is 1.00 bits per heavy atom. The highest BCUT2D eigenvalue weighted by molar-refractivity contribution is 6.11. The summed E-state index contributed by atoms with van der Waals surface area (Å²) < 4.78 is 0. The third kappa shape index (κ3) is 1.34. The van der Waals surface area contributed by atoms with E-state index in [0.29, 0.717) is 0 Å². The van der Waals surface area contributed by atoms with Gasteiger partial charge in [-0.3, -0.25) is 29.4 Å². The Bertz CT molecular complexity index is 552. The van der Waals surface area contributed by atoms with Gasteiger partial charge in [-0.1, -0.05) is 12.2 Å². The fourth-order valence-electron chi connectivity index (χ4n) is 4.16. The Labute approximate surface area is 115 Å². The summed E-state index contributed by atoms with van der Waals surface area (Å²) in [4.78, 5) is 49.2. The number of nitrogens with one attached hydrogen (secondary N) is 1. The maximum atomic E-state index is 12.5. The van der Waals surface area contributed by atoms with Gasteiger partial charge in [0.25, 0.3) is 0 Å².